The summed E-state index contributed by atoms with van der Waals surface area (Å²) in [7, 11) is 0. The van der Waals surface area contributed by atoms with Crippen molar-refractivity contribution in [3.63, 3.8) is 0 Å². The SMILES string of the molecule is C.C.C.CCOC(=O)N1CCC(N2CCC[C@@H](NC(=O)C3CCCCC3)C2)CC1.CCOC(=O)N1CCC(N2CCC[C@@H](NC(=O)c3ccc(C)cc3)C2)CC1. The first-order chi connectivity index (χ1) is 25.7. The Morgan fingerprint density at radius 3 is 1.48 bits per heavy atom. The zero-order valence-corrected chi connectivity index (χ0v) is 32.7. The molecule has 6 rings (SSSR count). The Bertz CT molecular complexity index is 1310. The number of carbonyl (C=O) groups excluding carboxylic acids is 4. The zero-order valence-electron chi connectivity index (χ0n) is 32.7. The van der Waals surface area contributed by atoms with Gasteiger partial charge in [-0.15, -0.1) is 0 Å². The molecule has 320 valence electrons. The number of hydrogen-bond acceptors (Lipinski definition) is 8. The third-order valence-corrected chi connectivity index (χ3v) is 11.9. The summed E-state index contributed by atoms with van der Waals surface area (Å²) in [6.07, 6.45) is 13.7. The number of piperidine rings is 4. The van der Waals surface area contributed by atoms with Crippen LogP contribution in [-0.4, -0.2) is 133 Å². The van der Waals surface area contributed by atoms with E-state index in [2.05, 4.69) is 20.4 Å². The summed E-state index contributed by atoms with van der Waals surface area (Å²) in [6.45, 7) is 13.7. The molecule has 4 saturated heterocycles. The fourth-order valence-electron chi connectivity index (χ4n) is 8.83. The molecule has 0 aromatic heterocycles. The first kappa shape index (κ1) is 48.8. The highest BCUT2D eigenvalue weighted by Gasteiger charge is 2.33. The van der Waals surface area contributed by atoms with Gasteiger partial charge in [-0.05, 0) is 110 Å². The molecule has 1 aliphatic carbocycles. The lowest BCUT2D eigenvalue weighted by Crippen LogP contribution is -2.54. The lowest BCUT2D eigenvalue weighted by Gasteiger charge is -2.42. The molecule has 4 aliphatic heterocycles. The van der Waals surface area contributed by atoms with E-state index >= 15 is 0 Å². The lowest BCUT2D eigenvalue weighted by atomic mass is 9.88. The van der Waals surface area contributed by atoms with Crippen LogP contribution in [0.15, 0.2) is 24.3 Å². The van der Waals surface area contributed by atoms with Crippen LogP contribution in [-0.2, 0) is 14.3 Å². The number of carbonyl (C=O) groups is 4. The zero-order chi connectivity index (χ0) is 37.6. The number of nitrogens with zero attached hydrogens (tertiary/aromatic N) is 4. The number of aryl methyl sites for hydroxylation is 1. The van der Waals surface area contributed by atoms with Crippen LogP contribution < -0.4 is 10.6 Å². The molecule has 4 heterocycles. The van der Waals surface area contributed by atoms with E-state index < -0.39 is 0 Å². The topological polar surface area (TPSA) is 124 Å². The normalized spacial score (nSPS) is 22.8. The summed E-state index contributed by atoms with van der Waals surface area (Å²) in [6, 6.07) is 9.20. The Labute approximate surface area is 339 Å². The van der Waals surface area contributed by atoms with Crippen LogP contribution in [0, 0.1) is 12.8 Å². The summed E-state index contributed by atoms with van der Waals surface area (Å²) in [5.41, 5.74) is 1.88. The van der Waals surface area contributed by atoms with Crippen molar-refractivity contribution in [3.05, 3.63) is 35.4 Å². The van der Waals surface area contributed by atoms with Crippen LogP contribution in [0.4, 0.5) is 9.59 Å². The molecule has 0 unspecified atom stereocenters. The largest absolute Gasteiger partial charge is 0.450 e. The van der Waals surface area contributed by atoms with Crippen molar-refractivity contribution in [2.24, 2.45) is 5.92 Å². The van der Waals surface area contributed by atoms with Crippen molar-refractivity contribution in [2.45, 2.75) is 151 Å². The highest BCUT2D eigenvalue weighted by Crippen LogP contribution is 2.26. The summed E-state index contributed by atoms with van der Waals surface area (Å²) in [5, 5.41) is 6.54. The molecule has 5 fully saturated rings. The van der Waals surface area contributed by atoms with Crippen molar-refractivity contribution < 1.29 is 28.7 Å². The molecule has 1 saturated carbocycles. The smallest absolute Gasteiger partial charge is 0.409 e. The van der Waals surface area contributed by atoms with Gasteiger partial charge in [0.1, 0.15) is 0 Å². The standard InChI is InChI=1S/C21H31N3O3.C20H35N3O3.3CH4/c1-3-27-21(26)23-13-10-19(11-14-23)24-12-4-5-18(15-24)22-20(25)17-8-6-16(2)7-9-17;1-2-26-20(25)22-13-10-18(11-14-22)23-12-6-9-17(15-23)21-19(24)16-7-4-3-5-8-16;;;/h6-9,18-19H,3-5,10-15H2,1-2H3,(H,22,25);16-18H,2-15H2,1H3,(H,21,24);3*1H4/t18-;17-;;;/m11.../s1. The van der Waals surface area contributed by atoms with Crippen LogP contribution in [0.5, 0.6) is 0 Å². The first-order valence-corrected chi connectivity index (χ1v) is 20.7. The quantitative estimate of drug-likeness (QED) is 0.278. The van der Waals surface area contributed by atoms with E-state index in [-0.39, 0.29) is 58.2 Å². The fourth-order valence-corrected chi connectivity index (χ4v) is 8.83. The monoisotopic (exact) mass is 787 g/mol. The number of benzene rings is 1. The Morgan fingerprint density at radius 2 is 1.04 bits per heavy atom. The van der Waals surface area contributed by atoms with Gasteiger partial charge in [-0.3, -0.25) is 19.4 Å². The molecule has 0 bridgehead atoms. The Morgan fingerprint density at radius 1 is 0.589 bits per heavy atom. The summed E-state index contributed by atoms with van der Waals surface area (Å²) in [4.78, 5) is 57.4. The molecule has 0 spiro atoms. The van der Waals surface area contributed by atoms with Crippen molar-refractivity contribution in [2.75, 3.05) is 65.6 Å². The van der Waals surface area contributed by atoms with Gasteiger partial charge in [0.05, 0.1) is 13.2 Å². The summed E-state index contributed by atoms with van der Waals surface area (Å²) >= 11 is 0. The number of amides is 4. The van der Waals surface area contributed by atoms with Crippen LogP contribution in [0.3, 0.4) is 0 Å². The van der Waals surface area contributed by atoms with Crippen molar-refractivity contribution in [3.8, 4) is 0 Å². The van der Waals surface area contributed by atoms with E-state index in [1.165, 1.54) is 19.3 Å². The van der Waals surface area contributed by atoms with Gasteiger partial charge in [-0.1, -0.05) is 59.2 Å². The molecule has 2 N–H and O–H groups in total. The van der Waals surface area contributed by atoms with Gasteiger partial charge in [-0.25, -0.2) is 9.59 Å². The second-order valence-corrected chi connectivity index (χ2v) is 15.7. The molecule has 1 aromatic carbocycles. The van der Waals surface area contributed by atoms with Crippen LogP contribution in [0.1, 0.15) is 136 Å². The van der Waals surface area contributed by atoms with Gasteiger partial charge in [0.15, 0.2) is 0 Å². The average molecular weight is 787 g/mol. The van der Waals surface area contributed by atoms with Gasteiger partial charge in [0.25, 0.3) is 5.91 Å². The molecule has 12 heteroatoms. The van der Waals surface area contributed by atoms with Crippen LogP contribution in [0.2, 0.25) is 0 Å². The van der Waals surface area contributed by atoms with Gasteiger partial charge in [0.2, 0.25) is 5.91 Å². The predicted octanol–water partition coefficient (Wildman–Crippen LogP) is 7.49. The van der Waals surface area contributed by atoms with Gasteiger partial charge >= 0.3 is 12.2 Å². The maximum atomic E-state index is 12.5. The van der Waals surface area contributed by atoms with Crippen molar-refractivity contribution in [1.82, 2.24) is 30.2 Å². The Hall–Kier alpha value is -3.38. The molecule has 12 nitrogen and oxygen atoms in total. The highest BCUT2D eigenvalue weighted by molar-refractivity contribution is 5.94. The second kappa shape index (κ2) is 25.1. The third kappa shape index (κ3) is 14.5. The number of nitrogens with one attached hydrogen (secondary N) is 2. The maximum absolute atomic E-state index is 12.5. The number of likely N-dealkylation sites (tertiary alicyclic amines) is 4. The highest BCUT2D eigenvalue weighted by atomic mass is 16.6. The molecule has 5 aliphatic rings. The minimum absolute atomic E-state index is 0. The van der Waals surface area contributed by atoms with E-state index in [1.807, 2.05) is 49.9 Å². The number of ether oxygens (including phenoxy) is 2. The molecule has 1 aromatic rings. The summed E-state index contributed by atoms with van der Waals surface area (Å²) in [5.74, 6) is 0.541. The van der Waals surface area contributed by atoms with Crippen LogP contribution in [0.25, 0.3) is 0 Å². The van der Waals surface area contributed by atoms with Crippen molar-refractivity contribution >= 4 is 24.0 Å². The third-order valence-electron chi connectivity index (χ3n) is 11.9. The average Bonchev–Trinajstić information content (AvgIpc) is 3.19. The molecular weight excluding hydrogens is 709 g/mol. The molecule has 0 radical (unpaired) electrons. The van der Waals surface area contributed by atoms with Gasteiger partial charge in [-0.2, -0.15) is 0 Å². The van der Waals surface area contributed by atoms with E-state index in [0.717, 1.165) is 128 Å². The maximum Gasteiger partial charge on any atom is 0.409 e. The molecule has 4 amide bonds. The van der Waals surface area contributed by atoms with Crippen molar-refractivity contribution in [1.29, 1.82) is 0 Å². The van der Waals surface area contributed by atoms with Crippen LogP contribution >= 0.6 is 0 Å². The summed E-state index contributed by atoms with van der Waals surface area (Å²) < 4.78 is 10.2. The predicted molar refractivity (Wildman–Crippen MR) is 226 cm³/mol. The van der Waals surface area contributed by atoms with E-state index in [4.69, 9.17) is 9.47 Å². The molecule has 2 atom stereocenters. The number of rotatable bonds is 8. The molecular formula is C44H78N6O6. The fraction of sp³-hybridized carbons (Fsp3) is 0.773. The van der Waals surface area contributed by atoms with Gasteiger partial charge in [0, 0.05) is 74.9 Å². The lowest BCUT2D eigenvalue weighted by molar-refractivity contribution is -0.127. The minimum Gasteiger partial charge on any atom is -0.450 e. The Balaban J connectivity index is 0.000000367. The second-order valence-electron chi connectivity index (χ2n) is 15.7. The first-order valence-electron chi connectivity index (χ1n) is 20.7. The molecule has 56 heavy (non-hydrogen) atoms. The number of hydrogen-bond donors (Lipinski definition) is 2. The Kier molecular flexibility index (Phi) is 21.8. The van der Waals surface area contributed by atoms with E-state index in [0.29, 0.717) is 31.3 Å². The van der Waals surface area contributed by atoms with E-state index in [1.54, 1.807) is 4.90 Å². The minimum atomic E-state index is -0.196. The van der Waals surface area contributed by atoms with E-state index in [9.17, 15) is 19.2 Å². The van der Waals surface area contributed by atoms with Gasteiger partial charge < -0.3 is 29.9 Å².